The monoisotopic (exact) mass is 250 g/mol. The largest absolute Gasteiger partial charge is 0.0917 e. The minimum absolute atomic E-state index is 0.910. The van der Waals surface area contributed by atoms with Crippen LogP contribution in [-0.2, 0) is 0 Å². The summed E-state index contributed by atoms with van der Waals surface area (Å²) in [5, 5.41) is 0. The van der Waals surface area contributed by atoms with Crippen LogP contribution in [0.15, 0.2) is 24.3 Å². The summed E-state index contributed by atoms with van der Waals surface area (Å²) in [5.74, 6) is 0. The molecule has 1 aliphatic rings. The third kappa shape index (κ3) is 5.72. The Bertz CT molecular complexity index is 214. The van der Waals surface area contributed by atoms with Crippen LogP contribution in [0, 0.1) is 0 Å². The SMILES string of the molecule is C/C=C/CC[Si]1(CC/C=C/C)CCCCCC1. The van der Waals surface area contributed by atoms with Crippen molar-refractivity contribution in [2.75, 3.05) is 0 Å². The molecular formula is C16H30Si. The van der Waals surface area contributed by atoms with E-state index < -0.39 is 8.07 Å². The van der Waals surface area contributed by atoms with Gasteiger partial charge in [-0.05, 0) is 26.7 Å². The Balaban J connectivity index is 2.53. The maximum atomic E-state index is 2.38. The first-order chi connectivity index (χ1) is 8.33. The summed E-state index contributed by atoms with van der Waals surface area (Å²) in [4.78, 5) is 0. The molecule has 17 heavy (non-hydrogen) atoms. The summed E-state index contributed by atoms with van der Waals surface area (Å²) >= 11 is 0. The summed E-state index contributed by atoms with van der Waals surface area (Å²) in [6, 6.07) is 6.33. The van der Waals surface area contributed by atoms with Crippen LogP contribution in [0.5, 0.6) is 0 Å². The zero-order chi connectivity index (χ0) is 12.4. The fourth-order valence-electron chi connectivity index (χ4n) is 3.22. The van der Waals surface area contributed by atoms with Crippen LogP contribution in [0.3, 0.4) is 0 Å². The summed E-state index contributed by atoms with van der Waals surface area (Å²) in [6.45, 7) is 4.31. The lowest BCUT2D eigenvalue weighted by molar-refractivity contribution is 0.720. The van der Waals surface area contributed by atoms with E-state index in [1.807, 2.05) is 0 Å². The molecule has 0 amide bonds. The molecule has 0 aromatic carbocycles. The van der Waals surface area contributed by atoms with Gasteiger partial charge in [-0.1, -0.05) is 74.2 Å². The third-order valence-corrected chi connectivity index (χ3v) is 9.85. The van der Waals surface area contributed by atoms with Crippen molar-refractivity contribution in [3.8, 4) is 0 Å². The number of rotatable bonds is 6. The minimum atomic E-state index is -0.910. The lowest BCUT2D eigenvalue weighted by Gasteiger charge is -2.30. The van der Waals surface area contributed by atoms with Crippen LogP contribution in [0.4, 0.5) is 0 Å². The predicted octanol–water partition coefficient (Wildman–Crippen LogP) is 5.94. The van der Waals surface area contributed by atoms with Crippen molar-refractivity contribution in [2.24, 2.45) is 0 Å². The Hall–Kier alpha value is -0.303. The van der Waals surface area contributed by atoms with E-state index in [0.717, 1.165) is 0 Å². The molecule has 0 unspecified atom stereocenters. The van der Waals surface area contributed by atoms with Crippen LogP contribution in [0.2, 0.25) is 24.2 Å². The number of hydrogen-bond acceptors (Lipinski definition) is 0. The molecular weight excluding hydrogens is 220 g/mol. The van der Waals surface area contributed by atoms with Crippen molar-refractivity contribution in [1.82, 2.24) is 0 Å². The normalized spacial score (nSPS) is 21.1. The Morgan fingerprint density at radius 2 is 1.24 bits per heavy atom. The standard InChI is InChI=1S/C16H30Si/c1-3-5-9-13-17(14-10-6-4-2)15-11-7-8-12-16-17/h3-6H,7-16H2,1-2H3/b5-3+,6-4+. The van der Waals surface area contributed by atoms with Crippen molar-refractivity contribution in [2.45, 2.75) is 76.5 Å². The van der Waals surface area contributed by atoms with Crippen LogP contribution in [0.25, 0.3) is 0 Å². The van der Waals surface area contributed by atoms with Crippen molar-refractivity contribution in [3.63, 3.8) is 0 Å². The molecule has 0 aromatic heterocycles. The van der Waals surface area contributed by atoms with E-state index in [0.29, 0.717) is 0 Å². The van der Waals surface area contributed by atoms with E-state index >= 15 is 0 Å². The van der Waals surface area contributed by atoms with E-state index in [1.165, 1.54) is 38.5 Å². The smallest absolute Gasteiger partial charge is 0.0541 e. The highest BCUT2D eigenvalue weighted by Crippen LogP contribution is 2.36. The third-order valence-electron chi connectivity index (χ3n) is 4.32. The van der Waals surface area contributed by atoms with Crippen LogP contribution >= 0.6 is 0 Å². The lowest BCUT2D eigenvalue weighted by atomic mass is 10.2. The number of allylic oxidation sites excluding steroid dienone is 4. The summed E-state index contributed by atoms with van der Waals surface area (Å²) in [6.07, 6.45) is 18.0. The topological polar surface area (TPSA) is 0 Å². The number of hydrogen-bond donors (Lipinski definition) is 0. The van der Waals surface area contributed by atoms with Gasteiger partial charge in [0.05, 0.1) is 8.07 Å². The van der Waals surface area contributed by atoms with Gasteiger partial charge in [0.2, 0.25) is 0 Å². The molecule has 1 aliphatic heterocycles. The van der Waals surface area contributed by atoms with Gasteiger partial charge in [0.15, 0.2) is 0 Å². The molecule has 98 valence electrons. The minimum Gasteiger partial charge on any atom is -0.0917 e. The van der Waals surface area contributed by atoms with Gasteiger partial charge in [-0.3, -0.25) is 0 Å². The molecule has 1 heteroatoms. The van der Waals surface area contributed by atoms with Crippen LogP contribution in [-0.4, -0.2) is 8.07 Å². The van der Waals surface area contributed by atoms with Crippen LogP contribution in [0.1, 0.15) is 52.4 Å². The molecule has 0 radical (unpaired) electrons. The van der Waals surface area contributed by atoms with E-state index in [9.17, 15) is 0 Å². The highest BCUT2D eigenvalue weighted by molar-refractivity contribution is 6.80. The van der Waals surface area contributed by atoms with Gasteiger partial charge in [-0.2, -0.15) is 0 Å². The predicted molar refractivity (Wildman–Crippen MR) is 82.3 cm³/mol. The maximum absolute atomic E-state index is 2.38. The zero-order valence-corrected chi connectivity index (χ0v) is 12.9. The van der Waals surface area contributed by atoms with Crippen molar-refractivity contribution in [3.05, 3.63) is 24.3 Å². The quantitative estimate of drug-likeness (QED) is 0.404. The average Bonchev–Trinajstić information content (AvgIpc) is 2.56. The highest BCUT2D eigenvalue weighted by atomic mass is 28.3. The summed E-state index contributed by atoms with van der Waals surface area (Å²) < 4.78 is 0. The zero-order valence-electron chi connectivity index (χ0n) is 11.9. The second-order valence-corrected chi connectivity index (χ2v) is 10.6. The van der Waals surface area contributed by atoms with Gasteiger partial charge in [-0.15, -0.1) is 0 Å². The van der Waals surface area contributed by atoms with Crippen LogP contribution < -0.4 is 0 Å². The first kappa shape index (κ1) is 14.8. The van der Waals surface area contributed by atoms with Gasteiger partial charge in [-0.25, -0.2) is 0 Å². The molecule has 0 aromatic rings. The first-order valence-corrected chi connectivity index (χ1v) is 10.4. The fourth-order valence-corrected chi connectivity index (χ4v) is 8.27. The summed E-state index contributed by atoms with van der Waals surface area (Å²) in [7, 11) is -0.910. The summed E-state index contributed by atoms with van der Waals surface area (Å²) in [5.41, 5.74) is 0. The molecule has 0 aliphatic carbocycles. The maximum Gasteiger partial charge on any atom is 0.0541 e. The Kier molecular flexibility index (Phi) is 7.59. The van der Waals surface area contributed by atoms with Gasteiger partial charge >= 0.3 is 0 Å². The fraction of sp³-hybridized carbons (Fsp3) is 0.750. The Morgan fingerprint density at radius 3 is 1.65 bits per heavy atom. The van der Waals surface area contributed by atoms with Crippen molar-refractivity contribution in [1.29, 1.82) is 0 Å². The molecule has 0 nitrogen and oxygen atoms in total. The molecule has 1 fully saturated rings. The second-order valence-electron chi connectivity index (χ2n) is 5.63. The molecule has 0 saturated carbocycles. The molecule has 0 spiro atoms. The molecule has 0 atom stereocenters. The highest BCUT2D eigenvalue weighted by Gasteiger charge is 2.31. The van der Waals surface area contributed by atoms with Gasteiger partial charge in [0.25, 0.3) is 0 Å². The molecule has 1 saturated heterocycles. The second kappa shape index (κ2) is 8.74. The molecule has 1 heterocycles. The first-order valence-electron chi connectivity index (χ1n) is 7.55. The van der Waals surface area contributed by atoms with E-state index in [1.54, 1.807) is 24.2 Å². The van der Waals surface area contributed by atoms with Crippen molar-refractivity contribution >= 4 is 8.07 Å². The van der Waals surface area contributed by atoms with E-state index in [-0.39, 0.29) is 0 Å². The van der Waals surface area contributed by atoms with Gasteiger partial charge in [0.1, 0.15) is 0 Å². The van der Waals surface area contributed by atoms with Gasteiger partial charge in [0, 0.05) is 0 Å². The molecule has 0 bridgehead atoms. The van der Waals surface area contributed by atoms with E-state index in [2.05, 4.69) is 38.2 Å². The van der Waals surface area contributed by atoms with Crippen molar-refractivity contribution < 1.29 is 0 Å². The molecule has 1 rings (SSSR count). The average molecular weight is 251 g/mol. The van der Waals surface area contributed by atoms with E-state index in [4.69, 9.17) is 0 Å². The van der Waals surface area contributed by atoms with Gasteiger partial charge < -0.3 is 0 Å². The lowest BCUT2D eigenvalue weighted by Crippen LogP contribution is -2.32. The molecule has 0 N–H and O–H groups in total. The Labute approximate surface area is 109 Å². The Morgan fingerprint density at radius 1 is 0.765 bits per heavy atom.